The van der Waals surface area contributed by atoms with Crippen molar-refractivity contribution in [2.45, 2.75) is 70.9 Å². The van der Waals surface area contributed by atoms with Crippen LogP contribution in [0.15, 0.2) is 45.5 Å². The summed E-state index contributed by atoms with van der Waals surface area (Å²) in [5.41, 5.74) is 1.80. The van der Waals surface area contributed by atoms with E-state index < -0.39 is 10.0 Å². The highest BCUT2D eigenvalue weighted by Crippen LogP contribution is 2.54. The first-order valence-corrected chi connectivity index (χ1v) is 14.4. The molecule has 1 amide bonds. The second-order valence-electron chi connectivity index (χ2n) is 8.89. The van der Waals surface area contributed by atoms with Crippen LogP contribution in [0.5, 0.6) is 0 Å². The molecule has 1 aliphatic carbocycles. The Kier molecular flexibility index (Phi) is 7.38. The van der Waals surface area contributed by atoms with E-state index in [1.165, 1.54) is 60.7 Å². The SMILES string of the molecule is CCC(Sc1ncnc2c1C1CCC(C)CC1S2)C(=O)Nc1ccc(S(=O)(=O)N(C)C)cc1. The number of fused-ring (bicyclic) bond motifs is 3. The van der Waals surface area contributed by atoms with Crippen LogP contribution in [0.3, 0.4) is 0 Å². The van der Waals surface area contributed by atoms with E-state index in [1.807, 2.05) is 18.7 Å². The molecular weight excluding hydrogens is 476 g/mol. The minimum Gasteiger partial charge on any atom is -0.325 e. The third-order valence-electron chi connectivity index (χ3n) is 6.32. The number of thioether (sulfide) groups is 2. The Bertz CT molecular complexity index is 1120. The Morgan fingerprint density at radius 1 is 1.24 bits per heavy atom. The predicted octanol–water partition coefficient (Wildman–Crippen LogP) is 4.61. The fraction of sp³-hybridized carbons (Fsp3) is 0.522. The van der Waals surface area contributed by atoms with Gasteiger partial charge in [-0.1, -0.05) is 32.0 Å². The molecule has 7 nitrogen and oxygen atoms in total. The molecule has 1 aliphatic heterocycles. The molecule has 2 aliphatic rings. The van der Waals surface area contributed by atoms with Gasteiger partial charge < -0.3 is 5.32 Å². The third kappa shape index (κ3) is 5.08. The number of carbonyl (C=O) groups excluding carboxylic acids is 1. The minimum absolute atomic E-state index is 0.113. The molecule has 1 aromatic carbocycles. The second-order valence-corrected chi connectivity index (χ2v) is 13.5. The summed E-state index contributed by atoms with van der Waals surface area (Å²) in [5.74, 6) is 1.10. The monoisotopic (exact) mass is 506 g/mol. The molecule has 1 saturated carbocycles. The van der Waals surface area contributed by atoms with Gasteiger partial charge in [-0.3, -0.25) is 4.79 Å². The van der Waals surface area contributed by atoms with Crippen molar-refractivity contribution in [1.29, 1.82) is 0 Å². The summed E-state index contributed by atoms with van der Waals surface area (Å²) in [6, 6.07) is 6.27. The molecule has 0 saturated heterocycles. The van der Waals surface area contributed by atoms with Gasteiger partial charge in [0.2, 0.25) is 15.9 Å². The fourth-order valence-electron chi connectivity index (χ4n) is 4.40. The van der Waals surface area contributed by atoms with Gasteiger partial charge in [0.25, 0.3) is 0 Å². The number of carbonyl (C=O) groups is 1. The van der Waals surface area contributed by atoms with Gasteiger partial charge in [-0.05, 0) is 49.4 Å². The Labute approximate surface area is 204 Å². The second kappa shape index (κ2) is 9.93. The van der Waals surface area contributed by atoms with Crippen LogP contribution in [-0.4, -0.2) is 53.2 Å². The molecule has 2 heterocycles. The summed E-state index contributed by atoms with van der Waals surface area (Å²) < 4.78 is 25.7. The summed E-state index contributed by atoms with van der Waals surface area (Å²) in [6.45, 7) is 4.31. The lowest BCUT2D eigenvalue weighted by atomic mass is 9.80. The summed E-state index contributed by atoms with van der Waals surface area (Å²) in [7, 11) is -0.517. The number of rotatable bonds is 7. The highest BCUT2D eigenvalue weighted by Gasteiger charge is 2.40. The molecule has 0 spiro atoms. The molecule has 1 aromatic heterocycles. The van der Waals surface area contributed by atoms with E-state index >= 15 is 0 Å². The normalized spacial score (nSPS) is 23.1. The van der Waals surface area contributed by atoms with E-state index in [9.17, 15) is 13.2 Å². The van der Waals surface area contributed by atoms with E-state index in [1.54, 1.807) is 18.5 Å². The van der Waals surface area contributed by atoms with Gasteiger partial charge in [-0.15, -0.1) is 11.8 Å². The topological polar surface area (TPSA) is 92.3 Å². The van der Waals surface area contributed by atoms with Gasteiger partial charge >= 0.3 is 0 Å². The zero-order chi connectivity index (χ0) is 23.8. The van der Waals surface area contributed by atoms with Crippen molar-refractivity contribution >= 4 is 45.1 Å². The van der Waals surface area contributed by atoms with Gasteiger partial charge in [-0.25, -0.2) is 22.7 Å². The van der Waals surface area contributed by atoms with Crippen LogP contribution in [0.2, 0.25) is 0 Å². The average Bonchev–Trinajstić information content (AvgIpc) is 3.15. The van der Waals surface area contributed by atoms with Gasteiger partial charge in [-0.2, -0.15) is 0 Å². The van der Waals surface area contributed by atoms with E-state index in [4.69, 9.17) is 0 Å². The maximum absolute atomic E-state index is 13.1. The first kappa shape index (κ1) is 24.5. The van der Waals surface area contributed by atoms with Gasteiger partial charge in [0, 0.05) is 36.5 Å². The molecule has 4 unspecified atom stereocenters. The highest BCUT2D eigenvalue weighted by atomic mass is 32.2. The Morgan fingerprint density at radius 2 is 1.97 bits per heavy atom. The first-order valence-electron chi connectivity index (χ1n) is 11.2. The molecule has 2 aromatic rings. The van der Waals surface area contributed by atoms with Gasteiger partial charge in [0.05, 0.1) is 10.1 Å². The molecule has 1 N–H and O–H groups in total. The Balaban J connectivity index is 1.48. The smallest absolute Gasteiger partial charge is 0.242 e. The molecule has 4 atom stereocenters. The number of nitrogens with one attached hydrogen (secondary N) is 1. The summed E-state index contributed by atoms with van der Waals surface area (Å²) in [5, 5.41) is 5.18. The summed E-state index contributed by atoms with van der Waals surface area (Å²) >= 11 is 3.38. The molecule has 0 radical (unpaired) electrons. The number of aromatic nitrogens is 2. The predicted molar refractivity (Wildman–Crippen MR) is 133 cm³/mol. The summed E-state index contributed by atoms with van der Waals surface area (Å²) in [4.78, 5) is 22.4. The lowest BCUT2D eigenvalue weighted by Crippen LogP contribution is -2.25. The van der Waals surface area contributed by atoms with Crippen LogP contribution in [0.1, 0.15) is 51.0 Å². The number of anilines is 1. The fourth-order valence-corrected chi connectivity index (χ4v) is 8.09. The van der Waals surface area contributed by atoms with Crippen molar-refractivity contribution in [3.05, 3.63) is 36.2 Å². The number of amides is 1. The highest BCUT2D eigenvalue weighted by molar-refractivity contribution is 8.01. The Hall–Kier alpha value is -1.62. The van der Waals surface area contributed by atoms with Crippen molar-refractivity contribution in [1.82, 2.24) is 14.3 Å². The Morgan fingerprint density at radius 3 is 2.64 bits per heavy atom. The maximum atomic E-state index is 13.1. The van der Waals surface area contributed by atoms with Crippen LogP contribution in [-0.2, 0) is 14.8 Å². The lowest BCUT2D eigenvalue weighted by Gasteiger charge is -2.29. The van der Waals surface area contributed by atoms with Crippen molar-refractivity contribution in [2.24, 2.45) is 5.92 Å². The van der Waals surface area contributed by atoms with Crippen molar-refractivity contribution in [3.8, 4) is 0 Å². The van der Waals surface area contributed by atoms with Gasteiger partial charge in [0.15, 0.2) is 0 Å². The van der Waals surface area contributed by atoms with E-state index in [2.05, 4.69) is 22.2 Å². The molecular formula is C23H30N4O3S3. The minimum atomic E-state index is -3.50. The molecule has 4 rings (SSSR count). The number of benzene rings is 1. The standard InChI is InChI=1S/C23H30N4O3S3/c1-5-18(21(28)26-15-7-9-16(10-8-15)33(29,30)27(3)4)31-22-20-17-11-6-14(2)12-19(17)32-23(20)25-13-24-22/h7-10,13-14,17-19H,5-6,11-12H2,1-4H3,(H,26,28). The van der Waals surface area contributed by atoms with Crippen LogP contribution < -0.4 is 5.32 Å². The zero-order valence-electron chi connectivity index (χ0n) is 19.3. The van der Waals surface area contributed by atoms with E-state index in [-0.39, 0.29) is 16.1 Å². The first-order chi connectivity index (χ1) is 15.7. The number of hydrogen-bond donors (Lipinski definition) is 1. The quantitative estimate of drug-likeness (QED) is 0.433. The van der Waals surface area contributed by atoms with Crippen molar-refractivity contribution in [3.63, 3.8) is 0 Å². The maximum Gasteiger partial charge on any atom is 0.242 e. The van der Waals surface area contributed by atoms with Crippen molar-refractivity contribution < 1.29 is 13.2 Å². The van der Waals surface area contributed by atoms with Crippen LogP contribution in [0.25, 0.3) is 0 Å². The van der Waals surface area contributed by atoms with Crippen LogP contribution in [0, 0.1) is 5.92 Å². The van der Waals surface area contributed by atoms with Crippen LogP contribution in [0.4, 0.5) is 5.69 Å². The molecule has 1 fully saturated rings. The van der Waals surface area contributed by atoms with Crippen LogP contribution >= 0.6 is 23.5 Å². The average molecular weight is 507 g/mol. The van der Waals surface area contributed by atoms with Crippen molar-refractivity contribution in [2.75, 3.05) is 19.4 Å². The molecule has 178 valence electrons. The van der Waals surface area contributed by atoms with E-state index in [0.717, 1.165) is 22.4 Å². The zero-order valence-corrected chi connectivity index (χ0v) is 21.8. The molecule has 0 bridgehead atoms. The summed E-state index contributed by atoms with van der Waals surface area (Å²) in [6.07, 6.45) is 5.84. The largest absolute Gasteiger partial charge is 0.325 e. The molecule has 33 heavy (non-hydrogen) atoms. The third-order valence-corrected chi connectivity index (χ3v) is 10.9. The van der Waals surface area contributed by atoms with E-state index in [0.29, 0.717) is 23.3 Å². The number of hydrogen-bond acceptors (Lipinski definition) is 7. The number of nitrogens with zero attached hydrogens (tertiary/aromatic N) is 3. The number of sulfonamides is 1. The lowest BCUT2D eigenvalue weighted by molar-refractivity contribution is -0.115. The molecule has 10 heteroatoms. The van der Waals surface area contributed by atoms with Gasteiger partial charge in [0.1, 0.15) is 16.4 Å².